The molecule has 0 spiro atoms. The number of aryl methyl sites for hydroxylation is 1. The highest BCUT2D eigenvalue weighted by atomic mass is 19.1. The second-order valence-electron chi connectivity index (χ2n) is 7.84. The lowest BCUT2D eigenvalue weighted by Crippen LogP contribution is -2.06. The molecule has 2 heterocycles. The van der Waals surface area contributed by atoms with Gasteiger partial charge in [-0.1, -0.05) is 11.2 Å². The molecule has 2 aromatic heterocycles. The van der Waals surface area contributed by atoms with E-state index in [1.165, 1.54) is 18.2 Å². The molecule has 0 saturated carbocycles. The van der Waals surface area contributed by atoms with Crippen LogP contribution in [0.25, 0.3) is 11.3 Å². The highest BCUT2D eigenvalue weighted by molar-refractivity contribution is 5.68. The van der Waals surface area contributed by atoms with E-state index < -0.39 is 17.4 Å². The number of benzene rings is 2. The maximum Gasteiger partial charge on any atom is 0.439 e. The minimum atomic E-state index is -0.725. The Kier molecular flexibility index (Phi) is 6.81. The lowest BCUT2D eigenvalue weighted by atomic mass is 9.97. The summed E-state index contributed by atoms with van der Waals surface area (Å²) in [6.07, 6.45) is 0.242. The zero-order valence-corrected chi connectivity index (χ0v) is 19.3. The van der Waals surface area contributed by atoms with Crippen LogP contribution in [-0.4, -0.2) is 26.8 Å². The van der Waals surface area contributed by atoms with E-state index in [1.807, 2.05) is 0 Å². The molecular formula is C25H23F2N3O5. The zero-order valence-electron chi connectivity index (χ0n) is 19.3. The number of aromatic hydroxyl groups is 1. The molecule has 0 aliphatic rings. The number of hydrogen-bond acceptors (Lipinski definition) is 7. The second kappa shape index (κ2) is 9.96. The van der Waals surface area contributed by atoms with Crippen LogP contribution in [0.2, 0.25) is 0 Å². The topological polar surface area (TPSA) is 110 Å². The summed E-state index contributed by atoms with van der Waals surface area (Å²) in [5.41, 5.74) is 2.46. The number of aromatic amines is 1. The quantitative estimate of drug-likeness (QED) is 0.377. The third kappa shape index (κ3) is 5.01. The van der Waals surface area contributed by atoms with Crippen molar-refractivity contribution in [3.63, 3.8) is 0 Å². The van der Waals surface area contributed by atoms with E-state index in [0.29, 0.717) is 23.4 Å². The van der Waals surface area contributed by atoms with E-state index in [2.05, 4.69) is 19.6 Å². The summed E-state index contributed by atoms with van der Waals surface area (Å²) >= 11 is 0. The Balaban J connectivity index is 1.63. The van der Waals surface area contributed by atoms with Crippen molar-refractivity contribution in [2.45, 2.75) is 33.8 Å². The fourth-order valence-electron chi connectivity index (χ4n) is 3.74. The Hall–Kier alpha value is -4.21. The van der Waals surface area contributed by atoms with Gasteiger partial charge < -0.3 is 14.6 Å². The van der Waals surface area contributed by atoms with E-state index in [-0.39, 0.29) is 47.4 Å². The molecule has 2 N–H and O–H groups in total. The average Bonchev–Trinajstić information content (AvgIpc) is 3.26. The summed E-state index contributed by atoms with van der Waals surface area (Å²) in [7, 11) is 0. The van der Waals surface area contributed by atoms with Crippen molar-refractivity contribution in [2.24, 2.45) is 0 Å². The minimum Gasteiger partial charge on any atom is -0.506 e. The number of H-pyrrole nitrogens is 1. The molecule has 0 amide bonds. The number of nitrogens with one attached hydrogen (secondary N) is 1. The molecule has 0 aliphatic carbocycles. The molecule has 182 valence electrons. The smallest absolute Gasteiger partial charge is 0.439 e. The lowest BCUT2D eigenvalue weighted by molar-refractivity contribution is 0.271. The summed E-state index contributed by atoms with van der Waals surface area (Å²) in [6.45, 7) is 5.29. The Morgan fingerprint density at radius 2 is 1.89 bits per heavy atom. The monoisotopic (exact) mass is 483 g/mol. The normalized spacial score (nSPS) is 11.0. The van der Waals surface area contributed by atoms with Gasteiger partial charge in [-0.25, -0.2) is 18.6 Å². The van der Waals surface area contributed by atoms with Crippen molar-refractivity contribution >= 4 is 0 Å². The van der Waals surface area contributed by atoms with Gasteiger partial charge in [-0.05, 0) is 67.8 Å². The molecule has 0 saturated heterocycles. The predicted octanol–water partition coefficient (Wildman–Crippen LogP) is 4.59. The van der Waals surface area contributed by atoms with Gasteiger partial charge in [-0.2, -0.15) is 0 Å². The van der Waals surface area contributed by atoms with E-state index >= 15 is 4.39 Å². The van der Waals surface area contributed by atoms with Gasteiger partial charge in [0.2, 0.25) is 0 Å². The van der Waals surface area contributed by atoms with Crippen LogP contribution in [0, 0.1) is 25.5 Å². The molecule has 35 heavy (non-hydrogen) atoms. The maximum atomic E-state index is 15.1. The molecule has 4 rings (SSSR count). The Bertz CT molecular complexity index is 1430. The fraction of sp³-hybridized carbons (Fsp3) is 0.240. The Morgan fingerprint density at radius 3 is 2.60 bits per heavy atom. The zero-order chi connectivity index (χ0) is 25.1. The van der Waals surface area contributed by atoms with Crippen molar-refractivity contribution in [3.05, 3.63) is 86.8 Å². The lowest BCUT2D eigenvalue weighted by Gasteiger charge is -2.15. The summed E-state index contributed by atoms with van der Waals surface area (Å²) in [5, 5.41) is 13.9. The average molecular weight is 483 g/mol. The van der Waals surface area contributed by atoms with Gasteiger partial charge in [0.25, 0.3) is 0 Å². The van der Waals surface area contributed by atoms with Crippen LogP contribution in [0.4, 0.5) is 8.78 Å². The number of rotatable bonds is 8. The molecular weight excluding hydrogens is 460 g/mol. The third-order valence-corrected chi connectivity index (χ3v) is 5.48. The molecule has 10 heteroatoms. The van der Waals surface area contributed by atoms with Gasteiger partial charge >= 0.3 is 5.76 Å². The first-order chi connectivity index (χ1) is 16.8. The highest BCUT2D eigenvalue weighted by Gasteiger charge is 2.19. The molecule has 8 nitrogen and oxygen atoms in total. The van der Waals surface area contributed by atoms with Crippen molar-refractivity contribution in [1.29, 1.82) is 0 Å². The first-order valence-electron chi connectivity index (χ1n) is 10.8. The number of hydrogen-bond donors (Lipinski definition) is 2. The largest absolute Gasteiger partial charge is 0.506 e. The van der Waals surface area contributed by atoms with Gasteiger partial charge in [0.15, 0.2) is 29.0 Å². The molecule has 0 bridgehead atoms. The minimum absolute atomic E-state index is 0.00163. The fourth-order valence-corrected chi connectivity index (χ4v) is 3.74. The van der Waals surface area contributed by atoms with Crippen molar-refractivity contribution < 1.29 is 27.9 Å². The predicted molar refractivity (Wildman–Crippen MR) is 123 cm³/mol. The summed E-state index contributed by atoms with van der Waals surface area (Å²) in [6, 6.07) is 9.21. The standard InChI is InChI=1S/C25H23F2N3O5/c1-4-33-19-7-5-6-16(23(19)27)24-18(31)9-8-15(28-24)11-17-13(2)10-20(22(26)14(17)3)34-12-21-29-25(32)35-30-21/h5-10,31H,4,11-12H2,1-3H3,(H,29,30,32). The summed E-state index contributed by atoms with van der Waals surface area (Å²) in [5.74, 6) is -1.89. The Morgan fingerprint density at radius 1 is 1.09 bits per heavy atom. The van der Waals surface area contributed by atoms with Crippen LogP contribution in [0.3, 0.4) is 0 Å². The number of ether oxygens (including phenoxy) is 2. The van der Waals surface area contributed by atoms with E-state index in [9.17, 15) is 14.3 Å². The van der Waals surface area contributed by atoms with E-state index in [1.54, 1.807) is 39.0 Å². The van der Waals surface area contributed by atoms with Crippen molar-refractivity contribution in [3.8, 4) is 28.5 Å². The first-order valence-corrected chi connectivity index (χ1v) is 10.8. The molecule has 4 aromatic rings. The van der Waals surface area contributed by atoms with Crippen LogP contribution in [0.5, 0.6) is 17.2 Å². The molecule has 0 unspecified atom stereocenters. The van der Waals surface area contributed by atoms with Gasteiger partial charge in [0.05, 0.1) is 6.61 Å². The highest BCUT2D eigenvalue weighted by Crippen LogP contribution is 2.34. The molecule has 0 radical (unpaired) electrons. The van der Waals surface area contributed by atoms with Crippen LogP contribution >= 0.6 is 0 Å². The van der Waals surface area contributed by atoms with Crippen LogP contribution in [-0.2, 0) is 13.0 Å². The van der Waals surface area contributed by atoms with Gasteiger partial charge in [0, 0.05) is 17.7 Å². The van der Waals surface area contributed by atoms with Gasteiger partial charge in [-0.15, -0.1) is 0 Å². The van der Waals surface area contributed by atoms with Gasteiger partial charge in [-0.3, -0.25) is 9.51 Å². The third-order valence-electron chi connectivity index (χ3n) is 5.48. The summed E-state index contributed by atoms with van der Waals surface area (Å²) < 4.78 is 45.2. The van der Waals surface area contributed by atoms with Gasteiger partial charge in [0.1, 0.15) is 18.1 Å². The van der Waals surface area contributed by atoms with E-state index in [4.69, 9.17) is 9.47 Å². The van der Waals surface area contributed by atoms with Crippen molar-refractivity contribution in [2.75, 3.05) is 6.61 Å². The second-order valence-corrected chi connectivity index (χ2v) is 7.84. The van der Waals surface area contributed by atoms with E-state index in [0.717, 1.165) is 5.56 Å². The molecule has 0 atom stereocenters. The van der Waals surface area contributed by atoms with Crippen molar-refractivity contribution in [1.82, 2.24) is 15.1 Å². The molecule has 2 aromatic carbocycles. The van der Waals surface area contributed by atoms with Crippen LogP contribution < -0.4 is 15.2 Å². The number of pyridine rings is 1. The maximum absolute atomic E-state index is 15.1. The molecule has 0 fully saturated rings. The number of halogens is 2. The first kappa shape index (κ1) is 23.9. The van der Waals surface area contributed by atoms with Crippen LogP contribution in [0.15, 0.2) is 45.7 Å². The molecule has 0 aliphatic heterocycles. The number of nitrogens with zero attached hydrogens (tertiary/aromatic N) is 2. The Labute approximate surface area is 199 Å². The number of aromatic nitrogens is 3. The summed E-state index contributed by atoms with van der Waals surface area (Å²) in [4.78, 5) is 17.8. The SMILES string of the molecule is CCOc1cccc(-c2nc(Cc3c(C)cc(OCc4noc(=O)[nH]4)c(F)c3C)ccc2O)c1F. The van der Waals surface area contributed by atoms with Crippen LogP contribution in [0.1, 0.15) is 35.1 Å².